The Balaban J connectivity index is 1.66. The first-order valence-corrected chi connectivity index (χ1v) is 11.3. The highest BCUT2D eigenvalue weighted by Crippen LogP contribution is 2.27. The van der Waals surface area contributed by atoms with E-state index in [4.69, 9.17) is 0 Å². The summed E-state index contributed by atoms with van der Waals surface area (Å²) in [5.41, 5.74) is 2.02. The maximum atomic E-state index is 13.1. The van der Waals surface area contributed by atoms with Gasteiger partial charge in [0.1, 0.15) is 5.82 Å². The van der Waals surface area contributed by atoms with E-state index in [9.17, 15) is 17.6 Å². The van der Waals surface area contributed by atoms with E-state index >= 15 is 0 Å². The normalized spacial score (nSPS) is 16.2. The van der Waals surface area contributed by atoms with Crippen molar-refractivity contribution in [2.45, 2.75) is 37.5 Å². The second-order valence-corrected chi connectivity index (χ2v) is 9.72. The molecule has 156 valence electrons. The molecule has 7 heteroatoms. The molecule has 0 spiro atoms. The first kappa shape index (κ1) is 21.5. The number of carbonyl (C=O) groups is 1. The summed E-state index contributed by atoms with van der Waals surface area (Å²) in [4.78, 5) is 14.7. The fraction of sp³-hybridized carbons (Fsp3) is 0.409. The van der Waals surface area contributed by atoms with E-state index in [1.165, 1.54) is 22.0 Å². The van der Waals surface area contributed by atoms with Crippen molar-refractivity contribution < 1.29 is 17.6 Å². The summed E-state index contributed by atoms with van der Waals surface area (Å²) in [6, 6.07) is 12.8. The van der Waals surface area contributed by atoms with Crippen molar-refractivity contribution in [3.8, 4) is 0 Å². The van der Waals surface area contributed by atoms with Gasteiger partial charge in [0, 0.05) is 31.7 Å². The molecule has 2 aromatic carbocycles. The minimum atomic E-state index is -3.67. The predicted octanol–water partition coefficient (Wildman–Crippen LogP) is 4.01. The van der Waals surface area contributed by atoms with Gasteiger partial charge in [-0.05, 0) is 60.7 Å². The van der Waals surface area contributed by atoms with Gasteiger partial charge in [-0.2, -0.15) is 4.31 Å². The fourth-order valence-corrected chi connectivity index (χ4v) is 5.06. The molecule has 1 fully saturated rings. The third-order valence-electron chi connectivity index (χ3n) is 5.51. The Morgan fingerprint density at radius 1 is 1.10 bits per heavy atom. The Labute approximate surface area is 172 Å². The largest absolute Gasteiger partial charge is 0.315 e. The quantitative estimate of drug-likeness (QED) is 0.737. The maximum absolute atomic E-state index is 13.1. The minimum Gasteiger partial charge on any atom is -0.315 e. The van der Waals surface area contributed by atoms with Crippen LogP contribution >= 0.6 is 0 Å². The smallest absolute Gasteiger partial charge is 0.243 e. The van der Waals surface area contributed by atoms with E-state index in [0.717, 1.165) is 17.8 Å². The third-order valence-corrected chi connectivity index (χ3v) is 7.42. The summed E-state index contributed by atoms with van der Waals surface area (Å²) in [6.07, 6.45) is 0.931. The molecule has 3 rings (SSSR count). The lowest BCUT2D eigenvalue weighted by Gasteiger charge is -2.32. The Morgan fingerprint density at radius 2 is 1.72 bits per heavy atom. The zero-order chi connectivity index (χ0) is 21.2. The standard InChI is InChI=1S/C22H27FN2O3S/c1-16(2)18-5-4-6-20(15-18)24(3)22(26)17-11-13-25(14-12-17)29(27,28)21-9-7-19(23)8-10-21/h4-10,15-17H,11-14H2,1-3H3. The Bertz CT molecular complexity index is 966. The summed E-state index contributed by atoms with van der Waals surface area (Å²) in [5.74, 6) is -0.316. The number of benzene rings is 2. The van der Waals surface area contributed by atoms with Crippen LogP contribution < -0.4 is 4.90 Å². The van der Waals surface area contributed by atoms with Crippen molar-refractivity contribution in [3.05, 3.63) is 59.9 Å². The fourth-order valence-electron chi connectivity index (χ4n) is 3.59. The molecule has 0 saturated carbocycles. The van der Waals surface area contributed by atoms with Crippen molar-refractivity contribution in [1.82, 2.24) is 4.31 Å². The molecule has 0 aliphatic carbocycles. The molecule has 1 saturated heterocycles. The molecule has 5 nitrogen and oxygen atoms in total. The first-order chi connectivity index (χ1) is 13.7. The Morgan fingerprint density at radius 3 is 2.31 bits per heavy atom. The molecular weight excluding hydrogens is 391 g/mol. The van der Waals surface area contributed by atoms with Crippen molar-refractivity contribution in [2.75, 3.05) is 25.0 Å². The molecule has 0 unspecified atom stereocenters. The molecule has 2 aromatic rings. The number of hydrogen-bond acceptors (Lipinski definition) is 3. The van der Waals surface area contributed by atoms with Gasteiger partial charge in [0.05, 0.1) is 4.90 Å². The van der Waals surface area contributed by atoms with Crippen molar-refractivity contribution in [2.24, 2.45) is 5.92 Å². The SMILES string of the molecule is CC(C)c1cccc(N(C)C(=O)C2CCN(S(=O)(=O)c3ccc(F)cc3)CC2)c1. The van der Waals surface area contributed by atoms with Crippen LogP contribution in [0.4, 0.5) is 10.1 Å². The first-order valence-electron chi connectivity index (χ1n) is 9.83. The van der Waals surface area contributed by atoms with Crippen LogP contribution in [0.25, 0.3) is 0 Å². The summed E-state index contributed by atoms with van der Waals surface area (Å²) >= 11 is 0. The summed E-state index contributed by atoms with van der Waals surface area (Å²) in [6.45, 7) is 4.77. The van der Waals surface area contributed by atoms with Gasteiger partial charge in [0.25, 0.3) is 0 Å². The molecule has 0 atom stereocenters. The van der Waals surface area contributed by atoms with Gasteiger partial charge in [-0.3, -0.25) is 4.79 Å². The number of piperidine rings is 1. The van der Waals surface area contributed by atoms with Gasteiger partial charge in [0.2, 0.25) is 15.9 Å². The summed E-state index contributed by atoms with van der Waals surface area (Å²) < 4.78 is 39.9. The molecule has 1 aliphatic rings. The second-order valence-electron chi connectivity index (χ2n) is 7.78. The Kier molecular flexibility index (Phi) is 6.39. The molecule has 0 radical (unpaired) electrons. The van der Waals surface area contributed by atoms with Crippen LogP contribution in [0, 0.1) is 11.7 Å². The van der Waals surface area contributed by atoms with Gasteiger partial charge in [-0.15, -0.1) is 0 Å². The van der Waals surface area contributed by atoms with Crippen LogP contribution in [0.15, 0.2) is 53.4 Å². The highest BCUT2D eigenvalue weighted by Gasteiger charge is 2.33. The van der Waals surface area contributed by atoms with Gasteiger partial charge in [-0.25, -0.2) is 12.8 Å². The van der Waals surface area contributed by atoms with Crippen LogP contribution in [0.1, 0.15) is 38.2 Å². The number of rotatable bonds is 5. The number of hydrogen-bond donors (Lipinski definition) is 0. The topological polar surface area (TPSA) is 57.7 Å². The molecule has 1 heterocycles. The molecule has 1 aliphatic heterocycles. The molecule has 0 aromatic heterocycles. The lowest BCUT2D eigenvalue weighted by Crippen LogP contribution is -2.43. The summed E-state index contributed by atoms with van der Waals surface area (Å²) in [5, 5.41) is 0. The number of halogens is 1. The second kappa shape index (κ2) is 8.63. The third kappa shape index (κ3) is 4.67. The van der Waals surface area contributed by atoms with Gasteiger partial charge >= 0.3 is 0 Å². The van der Waals surface area contributed by atoms with E-state index in [0.29, 0.717) is 18.8 Å². The van der Waals surface area contributed by atoms with E-state index in [1.807, 2.05) is 24.3 Å². The number of sulfonamides is 1. The van der Waals surface area contributed by atoms with Crippen LogP contribution in [0.3, 0.4) is 0 Å². The predicted molar refractivity (Wildman–Crippen MR) is 112 cm³/mol. The molecule has 29 heavy (non-hydrogen) atoms. The van der Waals surface area contributed by atoms with Crippen LogP contribution in [0.5, 0.6) is 0 Å². The van der Waals surface area contributed by atoms with E-state index in [1.54, 1.807) is 11.9 Å². The highest BCUT2D eigenvalue weighted by molar-refractivity contribution is 7.89. The van der Waals surface area contributed by atoms with Gasteiger partial charge in [0.15, 0.2) is 0 Å². The number of anilines is 1. The van der Waals surface area contributed by atoms with E-state index < -0.39 is 15.8 Å². The highest BCUT2D eigenvalue weighted by atomic mass is 32.2. The minimum absolute atomic E-state index is 0.00439. The zero-order valence-corrected chi connectivity index (χ0v) is 17.8. The van der Waals surface area contributed by atoms with Crippen LogP contribution in [0.2, 0.25) is 0 Å². The monoisotopic (exact) mass is 418 g/mol. The summed E-state index contributed by atoms with van der Waals surface area (Å²) in [7, 11) is -1.91. The van der Waals surface area contributed by atoms with Crippen molar-refractivity contribution >= 4 is 21.6 Å². The van der Waals surface area contributed by atoms with E-state index in [-0.39, 0.29) is 29.8 Å². The van der Waals surface area contributed by atoms with E-state index in [2.05, 4.69) is 13.8 Å². The molecule has 0 bridgehead atoms. The van der Waals surface area contributed by atoms with Crippen molar-refractivity contribution in [3.63, 3.8) is 0 Å². The lowest BCUT2D eigenvalue weighted by atomic mass is 9.96. The average molecular weight is 419 g/mol. The molecule has 1 amide bonds. The lowest BCUT2D eigenvalue weighted by molar-refractivity contribution is -0.123. The van der Waals surface area contributed by atoms with Gasteiger partial charge < -0.3 is 4.90 Å². The maximum Gasteiger partial charge on any atom is 0.243 e. The van der Waals surface area contributed by atoms with Gasteiger partial charge in [-0.1, -0.05) is 26.0 Å². The number of carbonyl (C=O) groups excluding carboxylic acids is 1. The number of amides is 1. The van der Waals surface area contributed by atoms with Crippen molar-refractivity contribution in [1.29, 1.82) is 0 Å². The molecular formula is C22H27FN2O3S. The zero-order valence-electron chi connectivity index (χ0n) is 17.0. The van der Waals surface area contributed by atoms with Crippen LogP contribution in [-0.4, -0.2) is 38.8 Å². The average Bonchev–Trinajstić information content (AvgIpc) is 2.73. The molecule has 0 N–H and O–H groups in total. The Hall–Kier alpha value is -2.25. The number of nitrogens with zero attached hydrogens (tertiary/aromatic N) is 2. The van der Waals surface area contributed by atoms with Crippen LogP contribution in [-0.2, 0) is 14.8 Å².